The quantitative estimate of drug-likeness (QED) is 0.252. The van der Waals surface area contributed by atoms with Crippen molar-refractivity contribution in [3.05, 3.63) is 35.4 Å². The molecule has 0 atom stereocenters. The third kappa shape index (κ3) is 11.3. The molecule has 1 aromatic carbocycles. The van der Waals surface area contributed by atoms with Gasteiger partial charge in [-0.15, -0.1) is 24.0 Å². The normalized spacial score (nSPS) is 12.7. The summed E-state index contributed by atoms with van der Waals surface area (Å²) in [5.41, 5.74) is -0.372. The number of rotatable bonds is 7. The summed E-state index contributed by atoms with van der Waals surface area (Å²) in [5.74, 6) is 0.324. The van der Waals surface area contributed by atoms with E-state index in [0.29, 0.717) is 18.1 Å². The van der Waals surface area contributed by atoms with E-state index in [9.17, 15) is 26.3 Å². The third-order valence-corrected chi connectivity index (χ3v) is 3.25. The van der Waals surface area contributed by atoms with Crippen LogP contribution in [0.2, 0.25) is 0 Å². The maximum Gasteiger partial charge on any atom is 0.416 e. The van der Waals surface area contributed by atoms with Gasteiger partial charge in [0.15, 0.2) is 5.96 Å². The van der Waals surface area contributed by atoms with Gasteiger partial charge in [-0.3, -0.25) is 4.90 Å². The van der Waals surface area contributed by atoms with Gasteiger partial charge in [-0.05, 0) is 31.7 Å². The molecule has 0 heterocycles. The van der Waals surface area contributed by atoms with Crippen LogP contribution in [-0.4, -0.2) is 50.3 Å². The summed E-state index contributed by atoms with van der Waals surface area (Å²) in [6.45, 7) is 1.64. The molecule has 1 aromatic rings. The van der Waals surface area contributed by atoms with Crippen LogP contribution in [0, 0.1) is 0 Å². The van der Waals surface area contributed by atoms with Gasteiger partial charge >= 0.3 is 12.4 Å². The van der Waals surface area contributed by atoms with E-state index in [1.54, 1.807) is 6.92 Å². The van der Waals surface area contributed by atoms with E-state index in [4.69, 9.17) is 0 Å². The first-order chi connectivity index (χ1) is 12.0. The second-order valence-corrected chi connectivity index (χ2v) is 5.67. The number of alkyl halides is 6. The number of benzene rings is 1. The number of hydrogen-bond donors (Lipinski definition) is 2. The molecule has 0 saturated heterocycles. The average Bonchev–Trinajstić information content (AvgIpc) is 2.50. The van der Waals surface area contributed by atoms with Crippen molar-refractivity contribution >= 4 is 29.9 Å². The van der Waals surface area contributed by atoms with E-state index in [2.05, 4.69) is 15.6 Å². The van der Waals surface area contributed by atoms with Crippen LogP contribution >= 0.6 is 24.0 Å². The van der Waals surface area contributed by atoms with Gasteiger partial charge in [-0.1, -0.05) is 12.1 Å². The van der Waals surface area contributed by atoms with Gasteiger partial charge in [0.2, 0.25) is 0 Å². The molecule has 0 aliphatic rings. The molecule has 0 unspecified atom stereocenters. The minimum atomic E-state index is -4.43. The standard InChI is InChI=1S/C16H22F6N4.HI/c1-3-23-14(24-7-8-26(2)11-15(17,18)19)25-10-12-5-4-6-13(9-12)16(20,21)22;/h4-6,9H,3,7-8,10-11H2,1-2H3,(H2,23,24,25);1H. The van der Waals surface area contributed by atoms with Gasteiger partial charge in [0.05, 0.1) is 18.7 Å². The lowest BCUT2D eigenvalue weighted by molar-refractivity contribution is -0.142. The lowest BCUT2D eigenvalue weighted by atomic mass is 10.1. The van der Waals surface area contributed by atoms with Crippen LogP contribution in [0.15, 0.2) is 29.3 Å². The van der Waals surface area contributed by atoms with Crippen LogP contribution in [0.4, 0.5) is 26.3 Å². The molecule has 0 fully saturated rings. The van der Waals surface area contributed by atoms with Crippen molar-refractivity contribution in [1.82, 2.24) is 15.5 Å². The molecular formula is C16H23F6IN4. The Hall–Kier alpha value is -1.24. The second-order valence-electron chi connectivity index (χ2n) is 5.67. The van der Waals surface area contributed by atoms with Gasteiger partial charge < -0.3 is 10.6 Å². The Morgan fingerprint density at radius 1 is 1.11 bits per heavy atom. The number of guanidine groups is 1. The molecule has 0 aliphatic carbocycles. The minimum Gasteiger partial charge on any atom is -0.357 e. The zero-order chi connectivity index (χ0) is 19.8. The summed E-state index contributed by atoms with van der Waals surface area (Å²) in [6, 6.07) is 4.83. The molecule has 2 N–H and O–H groups in total. The Morgan fingerprint density at radius 2 is 1.78 bits per heavy atom. The zero-order valence-electron chi connectivity index (χ0n) is 14.9. The van der Waals surface area contributed by atoms with Crippen molar-refractivity contribution in [3.63, 3.8) is 0 Å². The van der Waals surface area contributed by atoms with Crippen molar-refractivity contribution in [2.75, 3.05) is 33.2 Å². The Labute approximate surface area is 171 Å². The van der Waals surface area contributed by atoms with Crippen molar-refractivity contribution in [3.8, 4) is 0 Å². The molecule has 0 amide bonds. The molecule has 0 spiro atoms. The molecule has 4 nitrogen and oxygen atoms in total. The van der Waals surface area contributed by atoms with E-state index in [0.717, 1.165) is 17.0 Å². The number of halogens is 7. The maximum atomic E-state index is 12.7. The van der Waals surface area contributed by atoms with Gasteiger partial charge in [-0.25, -0.2) is 4.99 Å². The Bertz CT molecular complexity index is 589. The largest absolute Gasteiger partial charge is 0.416 e. The fraction of sp³-hybridized carbons (Fsp3) is 0.562. The van der Waals surface area contributed by atoms with Crippen molar-refractivity contribution in [1.29, 1.82) is 0 Å². The van der Waals surface area contributed by atoms with Gasteiger partial charge in [-0.2, -0.15) is 26.3 Å². The number of likely N-dealkylation sites (N-methyl/N-ethyl adjacent to an activating group) is 1. The van der Waals surface area contributed by atoms with Gasteiger partial charge in [0, 0.05) is 19.6 Å². The fourth-order valence-electron chi connectivity index (χ4n) is 2.11. The van der Waals surface area contributed by atoms with E-state index in [1.165, 1.54) is 19.2 Å². The van der Waals surface area contributed by atoms with E-state index in [-0.39, 0.29) is 43.6 Å². The summed E-state index contributed by atoms with van der Waals surface area (Å²) >= 11 is 0. The number of aliphatic imine (C=N–C) groups is 1. The molecule has 0 saturated carbocycles. The SMILES string of the molecule is CCNC(=NCc1cccc(C(F)(F)F)c1)NCCN(C)CC(F)(F)F.I. The highest BCUT2D eigenvalue weighted by molar-refractivity contribution is 14.0. The summed E-state index contributed by atoms with van der Waals surface area (Å²) < 4.78 is 74.9. The molecular weight excluding hydrogens is 489 g/mol. The lowest BCUT2D eigenvalue weighted by Crippen LogP contribution is -2.42. The fourth-order valence-corrected chi connectivity index (χ4v) is 2.11. The van der Waals surface area contributed by atoms with Crippen molar-refractivity contribution in [2.45, 2.75) is 25.8 Å². The van der Waals surface area contributed by atoms with Gasteiger partial charge in [0.1, 0.15) is 0 Å². The van der Waals surface area contributed by atoms with E-state index < -0.39 is 24.5 Å². The molecule has 11 heteroatoms. The molecule has 0 radical (unpaired) electrons. The summed E-state index contributed by atoms with van der Waals surface area (Å²) in [4.78, 5) is 5.28. The number of hydrogen-bond acceptors (Lipinski definition) is 2. The summed E-state index contributed by atoms with van der Waals surface area (Å²) in [6.07, 6.45) is -8.69. The highest BCUT2D eigenvalue weighted by Crippen LogP contribution is 2.29. The van der Waals surface area contributed by atoms with E-state index >= 15 is 0 Å². The van der Waals surface area contributed by atoms with E-state index in [1.807, 2.05) is 0 Å². The number of nitrogens with one attached hydrogen (secondary N) is 2. The smallest absolute Gasteiger partial charge is 0.357 e. The van der Waals surface area contributed by atoms with Crippen LogP contribution in [0.3, 0.4) is 0 Å². The van der Waals surface area contributed by atoms with Crippen LogP contribution in [0.25, 0.3) is 0 Å². The maximum absolute atomic E-state index is 12.7. The minimum absolute atomic E-state index is 0. The van der Waals surface area contributed by atoms with Gasteiger partial charge in [0.25, 0.3) is 0 Å². The average molecular weight is 512 g/mol. The lowest BCUT2D eigenvalue weighted by Gasteiger charge is -2.19. The topological polar surface area (TPSA) is 39.7 Å². The van der Waals surface area contributed by atoms with Crippen LogP contribution < -0.4 is 10.6 Å². The molecule has 156 valence electrons. The number of nitrogens with zero attached hydrogens (tertiary/aromatic N) is 2. The van der Waals surface area contributed by atoms with Crippen LogP contribution in [0.5, 0.6) is 0 Å². The first kappa shape index (κ1) is 25.8. The first-order valence-corrected chi connectivity index (χ1v) is 7.95. The Kier molecular flexibility index (Phi) is 11.0. The summed E-state index contributed by atoms with van der Waals surface area (Å²) in [5, 5.41) is 5.76. The predicted octanol–water partition coefficient (Wildman–Crippen LogP) is 3.87. The Morgan fingerprint density at radius 3 is 2.33 bits per heavy atom. The first-order valence-electron chi connectivity index (χ1n) is 7.95. The highest BCUT2D eigenvalue weighted by atomic mass is 127. The van der Waals surface area contributed by atoms with Crippen molar-refractivity contribution < 1.29 is 26.3 Å². The molecule has 1 rings (SSSR count). The molecule has 0 aromatic heterocycles. The predicted molar refractivity (Wildman–Crippen MR) is 103 cm³/mol. The second kappa shape index (κ2) is 11.6. The zero-order valence-corrected chi connectivity index (χ0v) is 17.2. The molecule has 0 aliphatic heterocycles. The monoisotopic (exact) mass is 512 g/mol. The van der Waals surface area contributed by atoms with Crippen LogP contribution in [-0.2, 0) is 12.7 Å². The third-order valence-electron chi connectivity index (χ3n) is 3.25. The van der Waals surface area contributed by atoms with Crippen molar-refractivity contribution in [2.24, 2.45) is 4.99 Å². The molecule has 0 bridgehead atoms. The van der Waals surface area contributed by atoms with Crippen LogP contribution in [0.1, 0.15) is 18.1 Å². The summed E-state index contributed by atoms with van der Waals surface area (Å²) in [7, 11) is 1.35. The highest BCUT2D eigenvalue weighted by Gasteiger charge is 2.30. The Balaban J connectivity index is 0.00000676. The molecule has 27 heavy (non-hydrogen) atoms.